The first kappa shape index (κ1) is 20.6. The molecule has 31 heavy (non-hydrogen) atoms. The SMILES string of the molecule is O=C(SC(c1ccccc1)(c1ccccc1)c1ccccc1)c1ccc([N+](=O)[O-])cc1. The monoisotopic (exact) mass is 425 g/mol. The molecule has 0 spiro atoms. The predicted molar refractivity (Wildman–Crippen MR) is 124 cm³/mol. The lowest BCUT2D eigenvalue weighted by Crippen LogP contribution is -2.27. The van der Waals surface area contributed by atoms with Crippen LogP contribution >= 0.6 is 11.8 Å². The van der Waals surface area contributed by atoms with Crippen LogP contribution in [-0.4, -0.2) is 10.0 Å². The van der Waals surface area contributed by atoms with Crippen LogP contribution in [0.25, 0.3) is 0 Å². The van der Waals surface area contributed by atoms with Gasteiger partial charge in [0.1, 0.15) is 0 Å². The number of carbonyl (C=O) groups excluding carboxylic acids is 1. The molecule has 0 atom stereocenters. The molecule has 4 aromatic rings. The third-order valence-electron chi connectivity index (χ3n) is 5.10. The minimum absolute atomic E-state index is 0.0398. The highest BCUT2D eigenvalue weighted by molar-refractivity contribution is 8.15. The molecule has 5 heteroatoms. The summed E-state index contributed by atoms with van der Waals surface area (Å²) >= 11 is 1.21. The van der Waals surface area contributed by atoms with E-state index >= 15 is 0 Å². The molecule has 0 aliphatic rings. The fraction of sp³-hybridized carbons (Fsp3) is 0.0385. The highest BCUT2D eigenvalue weighted by atomic mass is 32.2. The van der Waals surface area contributed by atoms with Crippen LogP contribution in [0.5, 0.6) is 0 Å². The third kappa shape index (κ3) is 4.13. The highest BCUT2D eigenvalue weighted by Gasteiger charge is 2.39. The summed E-state index contributed by atoms with van der Waals surface area (Å²) in [5.74, 6) is 0. The summed E-state index contributed by atoms with van der Waals surface area (Å²) in [5, 5.41) is 10.8. The van der Waals surface area contributed by atoms with Crippen LogP contribution in [0.15, 0.2) is 115 Å². The van der Waals surface area contributed by atoms with E-state index in [0.29, 0.717) is 5.56 Å². The van der Waals surface area contributed by atoms with Crippen LogP contribution in [0, 0.1) is 10.1 Å². The second kappa shape index (κ2) is 8.98. The molecule has 0 bridgehead atoms. The topological polar surface area (TPSA) is 60.2 Å². The first-order chi connectivity index (χ1) is 15.1. The average Bonchev–Trinajstić information content (AvgIpc) is 2.84. The summed E-state index contributed by atoms with van der Waals surface area (Å²) in [6.45, 7) is 0. The van der Waals surface area contributed by atoms with E-state index in [2.05, 4.69) is 0 Å². The minimum atomic E-state index is -0.775. The Labute approximate surface area is 184 Å². The molecule has 0 saturated heterocycles. The Morgan fingerprint density at radius 2 is 1.03 bits per heavy atom. The van der Waals surface area contributed by atoms with E-state index in [1.807, 2.05) is 91.0 Å². The Morgan fingerprint density at radius 1 is 0.645 bits per heavy atom. The van der Waals surface area contributed by atoms with Crippen molar-refractivity contribution in [2.45, 2.75) is 4.75 Å². The number of thioether (sulfide) groups is 1. The van der Waals surface area contributed by atoms with Crippen LogP contribution in [0.4, 0.5) is 5.69 Å². The van der Waals surface area contributed by atoms with Gasteiger partial charge < -0.3 is 0 Å². The molecule has 0 aliphatic heterocycles. The van der Waals surface area contributed by atoms with Gasteiger partial charge in [-0.3, -0.25) is 14.9 Å². The number of nitro groups is 1. The lowest BCUT2D eigenvalue weighted by molar-refractivity contribution is -0.384. The Bertz CT molecular complexity index is 1080. The Balaban J connectivity index is 1.88. The number of hydrogen-bond donors (Lipinski definition) is 0. The minimum Gasteiger partial charge on any atom is -0.282 e. The van der Waals surface area contributed by atoms with Crippen molar-refractivity contribution in [3.8, 4) is 0 Å². The summed E-state index contributed by atoms with van der Waals surface area (Å²) in [4.78, 5) is 24.0. The lowest BCUT2D eigenvalue weighted by atomic mass is 9.84. The molecule has 0 unspecified atom stereocenters. The lowest BCUT2D eigenvalue weighted by Gasteiger charge is -2.34. The molecule has 0 aromatic heterocycles. The van der Waals surface area contributed by atoms with Gasteiger partial charge in [-0.2, -0.15) is 0 Å². The molecule has 0 heterocycles. The van der Waals surface area contributed by atoms with Gasteiger partial charge in [-0.05, 0) is 28.8 Å². The van der Waals surface area contributed by atoms with Crippen LogP contribution in [0.1, 0.15) is 27.0 Å². The van der Waals surface area contributed by atoms with Crippen LogP contribution < -0.4 is 0 Å². The maximum Gasteiger partial charge on any atom is 0.269 e. The molecule has 4 aromatic carbocycles. The van der Waals surface area contributed by atoms with Crippen molar-refractivity contribution in [1.82, 2.24) is 0 Å². The first-order valence-corrected chi connectivity index (χ1v) is 10.6. The number of nitro benzene ring substituents is 1. The molecule has 4 rings (SSSR count). The number of carbonyl (C=O) groups is 1. The summed E-state index contributed by atoms with van der Waals surface area (Å²) in [7, 11) is 0. The van der Waals surface area contributed by atoms with Crippen LogP contribution in [0.2, 0.25) is 0 Å². The molecule has 0 N–H and O–H groups in total. The predicted octanol–water partition coefficient (Wildman–Crippen LogP) is 6.46. The number of nitrogens with zero attached hydrogens (tertiary/aromatic N) is 1. The van der Waals surface area contributed by atoms with Crippen molar-refractivity contribution in [3.63, 3.8) is 0 Å². The fourth-order valence-electron chi connectivity index (χ4n) is 3.61. The number of benzene rings is 4. The van der Waals surface area contributed by atoms with Gasteiger partial charge in [0.05, 0.1) is 9.67 Å². The van der Waals surface area contributed by atoms with E-state index in [4.69, 9.17) is 0 Å². The van der Waals surface area contributed by atoms with Gasteiger partial charge in [-0.25, -0.2) is 0 Å². The third-order valence-corrected chi connectivity index (χ3v) is 6.53. The summed E-state index contributed by atoms with van der Waals surface area (Å²) in [6, 6.07) is 35.5. The highest BCUT2D eigenvalue weighted by Crippen LogP contribution is 2.49. The summed E-state index contributed by atoms with van der Waals surface area (Å²) in [5.41, 5.74) is 3.32. The van der Waals surface area contributed by atoms with Crippen molar-refractivity contribution >= 4 is 22.6 Å². The van der Waals surface area contributed by atoms with Crippen molar-refractivity contribution < 1.29 is 9.72 Å². The maximum absolute atomic E-state index is 13.5. The van der Waals surface area contributed by atoms with Gasteiger partial charge >= 0.3 is 0 Å². The average molecular weight is 426 g/mol. The molecule has 0 saturated carbocycles. The van der Waals surface area contributed by atoms with Gasteiger partial charge in [-0.15, -0.1) is 0 Å². The van der Waals surface area contributed by atoms with Crippen LogP contribution in [0.3, 0.4) is 0 Å². The zero-order valence-electron chi connectivity index (χ0n) is 16.5. The zero-order valence-corrected chi connectivity index (χ0v) is 17.4. The standard InChI is InChI=1S/C26H19NO3S/c28-25(20-16-18-24(19-17-20)27(29)30)31-26(21-10-4-1-5-11-21,22-12-6-2-7-13-22)23-14-8-3-9-15-23/h1-19H. The molecule has 0 amide bonds. The maximum atomic E-state index is 13.5. The van der Waals surface area contributed by atoms with E-state index in [1.165, 1.54) is 36.0 Å². The largest absolute Gasteiger partial charge is 0.282 e. The quantitative estimate of drug-likeness (QED) is 0.202. The second-order valence-corrected chi connectivity index (χ2v) is 8.16. The molecule has 0 fully saturated rings. The van der Waals surface area contributed by atoms with Crippen molar-refractivity contribution in [1.29, 1.82) is 0 Å². The first-order valence-electron chi connectivity index (χ1n) is 9.75. The molecule has 152 valence electrons. The van der Waals surface area contributed by atoms with Gasteiger partial charge in [-0.1, -0.05) is 103 Å². The van der Waals surface area contributed by atoms with Crippen molar-refractivity contribution in [2.24, 2.45) is 0 Å². The number of non-ortho nitro benzene ring substituents is 1. The molecular formula is C26H19NO3S. The molecule has 4 nitrogen and oxygen atoms in total. The second-order valence-electron chi connectivity index (χ2n) is 6.97. The normalized spacial score (nSPS) is 11.1. The van der Waals surface area contributed by atoms with Crippen molar-refractivity contribution in [2.75, 3.05) is 0 Å². The van der Waals surface area contributed by atoms with E-state index in [-0.39, 0.29) is 10.8 Å². The van der Waals surface area contributed by atoms with Gasteiger partial charge in [0.2, 0.25) is 5.12 Å². The molecular weight excluding hydrogens is 406 g/mol. The van der Waals surface area contributed by atoms with E-state index in [0.717, 1.165) is 16.7 Å². The van der Waals surface area contributed by atoms with Crippen LogP contribution in [-0.2, 0) is 4.75 Å². The van der Waals surface area contributed by atoms with E-state index in [9.17, 15) is 14.9 Å². The zero-order chi connectivity index (χ0) is 21.7. The molecule has 0 radical (unpaired) electrons. The van der Waals surface area contributed by atoms with Gasteiger partial charge in [0, 0.05) is 17.7 Å². The number of hydrogen-bond acceptors (Lipinski definition) is 4. The summed E-state index contributed by atoms with van der Waals surface area (Å²) < 4.78 is -0.775. The Kier molecular flexibility index (Phi) is 5.96. The number of rotatable bonds is 6. The van der Waals surface area contributed by atoms with Gasteiger partial charge in [0.15, 0.2) is 0 Å². The summed E-state index contributed by atoms with van der Waals surface area (Å²) in [6.07, 6.45) is 0. The van der Waals surface area contributed by atoms with Gasteiger partial charge in [0.25, 0.3) is 5.69 Å². The van der Waals surface area contributed by atoms with E-state index in [1.54, 1.807) is 0 Å². The Morgan fingerprint density at radius 3 is 1.39 bits per heavy atom. The Hall–Kier alpha value is -3.70. The molecule has 0 aliphatic carbocycles. The van der Waals surface area contributed by atoms with E-state index < -0.39 is 9.67 Å². The fourth-order valence-corrected chi connectivity index (χ4v) is 4.91. The van der Waals surface area contributed by atoms with Crippen molar-refractivity contribution in [3.05, 3.63) is 148 Å². The smallest absolute Gasteiger partial charge is 0.269 e.